The van der Waals surface area contributed by atoms with Gasteiger partial charge in [0.15, 0.2) is 0 Å². The van der Waals surface area contributed by atoms with Gasteiger partial charge in [0.2, 0.25) is 0 Å². The van der Waals surface area contributed by atoms with Crippen molar-refractivity contribution in [3.8, 4) is 0 Å². The Morgan fingerprint density at radius 1 is 1.58 bits per heavy atom. The first kappa shape index (κ1) is 13.6. The zero-order chi connectivity index (χ0) is 13.8. The Hall–Kier alpha value is -1.82. The van der Waals surface area contributed by atoms with Crippen LogP contribution in [0.5, 0.6) is 0 Å². The number of rotatable bonds is 4. The summed E-state index contributed by atoms with van der Waals surface area (Å²) in [7, 11) is 0. The summed E-state index contributed by atoms with van der Waals surface area (Å²) >= 11 is 3.31. The molecule has 19 heavy (non-hydrogen) atoms. The van der Waals surface area contributed by atoms with E-state index < -0.39 is 0 Å². The number of nitrogens with zero attached hydrogens (tertiary/aromatic N) is 2. The summed E-state index contributed by atoms with van der Waals surface area (Å²) in [6.45, 7) is 2.61. The highest BCUT2D eigenvalue weighted by molar-refractivity contribution is 9.10. The van der Waals surface area contributed by atoms with E-state index in [1.165, 1.54) is 0 Å². The van der Waals surface area contributed by atoms with E-state index in [0.717, 1.165) is 4.47 Å². The predicted octanol–water partition coefficient (Wildman–Crippen LogP) is 2.05. The van der Waals surface area contributed by atoms with Crippen LogP contribution in [-0.4, -0.2) is 21.5 Å². The van der Waals surface area contributed by atoms with E-state index in [0.29, 0.717) is 17.8 Å². The van der Waals surface area contributed by atoms with E-state index in [1.807, 2.05) is 17.7 Å². The van der Waals surface area contributed by atoms with Crippen LogP contribution >= 0.6 is 15.9 Å². The Bertz CT molecular complexity index is 568. The third kappa shape index (κ3) is 3.57. The zero-order valence-corrected chi connectivity index (χ0v) is 12.1. The number of carbonyl (C=O) groups excluding carboxylic acids is 1. The number of imidazole rings is 1. The van der Waals surface area contributed by atoms with Gasteiger partial charge in [-0.15, -0.1) is 0 Å². The molecule has 0 fully saturated rings. The Balaban J connectivity index is 2.00. The first-order valence-electron chi connectivity index (χ1n) is 5.88. The number of carbonyl (C=O) groups is 1. The summed E-state index contributed by atoms with van der Waals surface area (Å²) in [5.74, 6) is -0.169. The molecular weight excluding hydrogens is 308 g/mol. The van der Waals surface area contributed by atoms with Crippen LogP contribution in [0.1, 0.15) is 17.3 Å². The van der Waals surface area contributed by atoms with E-state index >= 15 is 0 Å². The van der Waals surface area contributed by atoms with Gasteiger partial charge < -0.3 is 15.6 Å². The van der Waals surface area contributed by atoms with E-state index in [9.17, 15) is 4.79 Å². The summed E-state index contributed by atoms with van der Waals surface area (Å²) in [5.41, 5.74) is 6.77. The lowest BCUT2D eigenvalue weighted by molar-refractivity contribution is 0.0937. The normalized spacial score (nSPS) is 12.1. The Morgan fingerprint density at radius 3 is 3.00 bits per heavy atom. The number of amides is 1. The highest BCUT2D eigenvalue weighted by Crippen LogP contribution is 2.18. The monoisotopic (exact) mass is 322 g/mol. The topological polar surface area (TPSA) is 72.9 Å². The molecule has 1 aromatic carbocycles. The second-order valence-electron chi connectivity index (χ2n) is 4.37. The van der Waals surface area contributed by atoms with Crippen LogP contribution in [0.4, 0.5) is 5.69 Å². The summed E-state index contributed by atoms with van der Waals surface area (Å²) in [6.07, 6.45) is 5.29. The third-order valence-electron chi connectivity index (χ3n) is 2.68. The Labute approximate surface area is 120 Å². The van der Waals surface area contributed by atoms with Crippen molar-refractivity contribution in [2.24, 2.45) is 0 Å². The van der Waals surface area contributed by atoms with Crippen molar-refractivity contribution in [1.82, 2.24) is 14.9 Å². The first-order valence-corrected chi connectivity index (χ1v) is 6.67. The molecule has 5 nitrogen and oxygen atoms in total. The molecule has 0 saturated carbocycles. The van der Waals surface area contributed by atoms with Gasteiger partial charge in [0, 0.05) is 35.1 Å². The molecule has 2 aromatic rings. The lowest BCUT2D eigenvalue weighted by Crippen LogP contribution is -2.35. The van der Waals surface area contributed by atoms with E-state index in [-0.39, 0.29) is 11.9 Å². The maximum Gasteiger partial charge on any atom is 0.253 e. The molecule has 0 spiro atoms. The minimum atomic E-state index is -0.169. The number of benzene rings is 1. The summed E-state index contributed by atoms with van der Waals surface area (Å²) in [6, 6.07) is 5.21. The fraction of sp³-hybridized carbons (Fsp3) is 0.231. The molecule has 1 unspecified atom stereocenters. The molecule has 1 atom stereocenters. The number of hydrogen-bond acceptors (Lipinski definition) is 3. The molecule has 1 aromatic heterocycles. The molecule has 100 valence electrons. The van der Waals surface area contributed by atoms with E-state index in [4.69, 9.17) is 5.73 Å². The molecule has 0 aliphatic rings. The van der Waals surface area contributed by atoms with Gasteiger partial charge in [-0.2, -0.15) is 0 Å². The van der Waals surface area contributed by atoms with Crippen LogP contribution in [0.3, 0.4) is 0 Å². The Morgan fingerprint density at radius 2 is 2.37 bits per heavy atom. The van der Waals surface area contributed by atoms with Crippen LogP contribution in [0.25, 0.3) is 0 Å². The van der Waals surface area contributed by atoms with Gasteiger partial charge in [0.25, 0.3) is 5.91 Å². The molecule has 0 aliphatic heterocycles. The number of halogens is 1. The van der Waals surface area contributed by atoms with Gasteiger partial charge in [-0.1, -0.05) is 15.9 Å². The molecule has 3 N–H and O–H groups in total. The lowest BCUT2D eigenvalue weighted by Gasteiger charge is -2.15. The number of nitrogen functional groups attached to an aromatic ring is 1. The molecule has 6 heteroatoms. The summed E-state index contributed by atoms with van der Waals surface area (Å²) in [4.78, 5) is 16.0. The molecule has 0 aliphatic carbocycles. The third-order valence-corrected chi connectivity index (χ3v) is 3.17. The van der Waals surface area contributed by atoms with E-state index in [1.54, 1.807) is 30.7 Å². The largest absolute Gasteiger partial charge is 0.398 e. The van der Waals surface area contributed by atoms with Gasteiger partial charge in [-0.05, 0) is 25.1 Å². The van der Waals surface area contributed by atoms with E-state index in [2.05, 4.69) is 26.2 Å². The minimum absolute atomic E-state index is 0.00949. The van der Waals surface area contributed by atoms with Gasteiger partial charge in [-0.3, -0.25) is 4.79 Å². The molecule has 0 saturated heterocycles. The molecular formula is C13H15BrN4O. The molecule has 1 amide bonds. The zero-order valence-electron chi connectivity index (χ0n) is 10.5. The highest BCUT2D eigenvalue weighted by atomic mass is 79.9. The van der Waals surface area contributed by atoms with Crippen LogP contribution in [0, 0.1) is 0 Å². The van der Waals surface area contributed by atoms with Gasteiger partial charge >= 0.3 is 0 Å². The standard InChI is InChI=1S/C13H15BrN4O/c1-9(7-18-5-4-16-8-18)17-13(19)11-3-2-10(14)6-12(11)15/h2-6,8-9H,7,15H2,1H3,(H,17,19). The molecule has 1 heterocycles. The van der Waals surface area contributed by atoms with Gasteiger partial charge in [0.1, 0.15) is 0 Å². The average molecular weight is 323 g/mol. The predicted molar refractivity (Wildman–Crippen MR) is 77.7 cm³/mol. The average Bonchev–Trinajstić information content (AvgIpc) is 2.81. The Kier molecular flexibility index (Phi) is 4.21. The number of nitrogens with two attached hydrogens (primary N) is 1. The first-order chi connectivity index (χ1) is 9.06. The van der Waals surface area contributed by atoms with Crippen molar-refractivity contribution < 1.29 is 4.79 Å². The number of nitrogens with one attached hydrogen (secondary N) is 1. The number of anilines is 1. The molecule has 0 radical (unpaired) electrons. The molecule has 2 rings (SSSR count). The smallest absolute Gasteiger partial charge is 0.253 e. The second-order valence-corrected chi connectivity index (χ2v) is 5.28. The SMILES string of the molecule is CC(Cn1ccnc1)NC(=O)c1ccc(Br)cc1N. The highest BCUT2D eigenvalue weighted by Gasteiger charge is 2.13. The van der Waals surface area contributed by atoms with Crippen LogP contribution in [0.2, 0.25) is 0 Å². The second kappa shape index (κ2) is 5.88. The maximum atomic E-state index is 12.1. The minimum Gasteiger partial charge on any atom is -0.398 e. The van der Waals surface area contributed by atoms with Crippen LogP contribution < -0.4 is 11.1 Å². The van der Waals surface area contributed by atoms with Crippen LogP contribution in [-0.2, 0) is 6.54 Å². The van der Waals surface area contributed by atoms with Gasteiger partial charge in [-0.25, -0.2) is 4.98 Å². The van der Waals surface area contributed by atoms with Crippen LogP contribution in [0.15, 0.2) is 41.4 Å². The van der Waals surface area contributed by atoms with Crippen molar-refractivity contribution >= 4 is 27.5 Å². The quantitative estimate of drug-likeness (QED) is 0.846. The van der Waals surface area contributed by atoms with Crippen molar-refractivity contribution in [2.75, 3.05) is 5.73 Å². The number of aromatic nitrogens is 2. The fourth-order valence-corrected chi connectivity index (χ4v) is 2.18. The fourth-order valence-electron chi connectivity index (χ4n) is 1.80. The van der Waals surface area contributed by atoms with Crippen molar-refractivity contribution in [3.05, 3.63) is 47.0 Å². The van der Waals surface area contributed by atoms with Crippen molar-refractivity contribution in [3.63, 3.8) is 0 Å². The summed E-state index contributed by atoms with van der Waals surface area (Å²) < 4.78 is 2.77. The van der Waals surface area contributed by atoms with Gasteiger partial charge in [0.05, 0.1) is 11.9 Å². The number of hydrogen-bond donors (Lipinski definition) is 2. The van der Waals surface area contributed by atoms with Crippen molar-refractivity contribution in [1.29, 1.82) is 0 Å². The summed E-state index contributed by atoms with van der Waals surface area (Å²) in [5, 5.41) is 2.91. The van der Waals surface area contributed by atoms with Crippen molar-refractivity contribution in [2.45, 2.75) is 19.5 Å². The maximum absolute atomic E-state index is 12.1. The lowest BCUT2D eigenvalue weighted by atomic mass is 10.1. The molecule has 0 bridgehead atoms.